The molecule has 0 aliphatic carbocycles. The van der Waals surface area contributed by atoms with Gasteiger partial charge in [0.05, 0.1) is 5.70 Å². The summed E-state index contributed by atoms with van der Waals surface area (Å²) < 4.78 is 0. The van der Waals surface area contributed by atoms with E-state index in [1.807, 2.05) is 19.1 Å². The van der Waals surface area contributed by atoms with Gasteiger partial charge in [0.2, 0.25) is 0 Å². The molecule has 0 bridgehead atoms. The fourth-order valence-corrected chi connectivity index (χ4v) is 2.60. The van der Waals surface area contributed by atoms with Crippen LogP contribution in [-0.4, -0.2) is 23.1 Å². The van der Waals surface area contributed by atoms with Crippen molar-refractivity contribution in [1.82, 2.24) is 4.90 Å². The lowest BCUT2D eigenvalue weighted by molar-refractivity contribution is 0.338. The molecule has 0 amide bonds. The number of hydrogen-bond donors (Lipinski definition) is 1. The Kier molecular flexibility index (Phi) is 6.67. The second-order valence-electron chi connectivity index (χ2n) is 5.07. The molecule has 1 saturated heterocycles. The number of aliphatic hydroxyl groups excluding tert-OH is 1. The third-order valence-electron chi connectivity index (χ3n) is 3.56. The molecular weight excluding hydrogens is 250 g/mol. The molecule has 0 aromatic heterocycles. The van der Waals surface area contributed by atoms with Crippen LogP contribution in [0.5, 0.6) is 0 Å². The zero-order chi connectivity index (χ0) is 15.0. The molecule has 1 aliphatic heterocycles. The van der Waals surface area contributed by atoms with Crippen LogP contribution in [-0.2, 0) is 0 Å². The summed E-state index contributed by atoms with van der Waals surface area (Å²) in [5, 5.41) is 28.7. The predicted molar refractivity (Wildman–Crippen MR) is 78.5 cm³/mol. The van der Waals surface area contributed by atoms with Crippen LogP contribution in [0.1, 0.15) is 52.4 Å². The SMILES string of the molecule is CCCC(=C(C#N)C#N)/C(O)=C(\CCC)N1CCCC1. The van der Waals surface area contributed by atoms with Gasteiger partial charge in [0.1, 0.15) is 23.5 Å². The van der Waals surface area contributed by atoms with E-state index in [-0.39, 0.29) is 11.3 Å². The smallest absolute Gasteiger partial charge is 0.139 e. The van der Waals surface area contributed by atoms with Crippen LogP contribution >= 0.6 is 0 Å². The molecule has 20 heavy (non-hydrogen) atoms. The first-order valence-electron chi connectivity index (χ1n) is 7.40. The molecule has 0 radical (unpaired) electrons. The molecule has 1 rings (SSSR count). The maximum atomic E-state index is 10.6. The van der Waals surface area contributed by atoms with Gasteiger partial charge < -0.3 is 10.0 Å². The van der Waals surface area contributed by atoms with Crippen LogP contribution in [0.25, 0.3) is 0 Å². The molecule has 4 nitrogen and oxygen atoms in total. The normalized spacial score (nSPS) is 15.3. The lowest BCUT2D eigenvalue weighted by Crippen LogP contribution is -2.21. The summed E-state index contributed by atoms with van der Waals surface area (Å²) >= 11 is 0. The molecule has 0 saturated carbocycles. The number of nitriles is 2. The van der Waals surface area contributed by atoms with Crippen molar-refractivity contribution in [2.75, 3.05) is 13.1 Å². The molecule has 1 fully saturated rings. The Morgan fingerprint density at radius 1 is 1.05 bits per heavy atom. The van der Waals surface area contributed by atoms with Crippen molar-refractivity contribution in [3.8, 4) is 12.1 Å². The molecule has 1 heterocycles. The molecule has 0 atom stereocenters. The van der Waals surface area contributed by atoms with Crippen LogP contribution in [0.15, 0.2) is 22.6 Å². The Balaban J connectivity index is 3.26. The van der Waals surface area contributed by atoms with E-state index in [0.717, 1.165) is 50.9 Å². The van der Waals surface area contributed by atoms with E-state index >= 15 is 0 Å². The minimum atomic E-state index is 0.0390. The van der Waals surface area contributed by atoms with Gasteiger partial charge in [0.25, 0.3) is 0 Å². The van der Waals surface area contributed by atoms with Crippen molar-refractivity contribution >= 4 is 0 Å². The largest absolute Gasteiger partial charge is 0.506 e. The van der Waals surface area contributed by atoms with Crippen molar-refractivity contribution in [3.05, 3.63) is 22.6 Å². The number of aliphatic hydroxyl groups is 1. The first-order chi connectivity index (χ1) is 9.69. The maximum absolute atomic E-state index is 10.6. The summed E-state index contributed by atoms with van der Waals surface area (Å²) in [7, 11) is 0. The molecule has 108 valence electrons. The molecule has 0 spiro atoms. The zero-order valence-electron chi connectivity index (χ0n) is 12.4. The Bertz CT molecular complexity index is 455. The average molecular weight is 273 g/mol. The third-order valence-corrected chi connectivity index (χ3v) is 3.56. The fourth-order valence-electron chi connectivity index (χ4n) is 2.60. The number of allylic oxidation sites excluding steroid dienone is 3. The zero-order valence-corrected chi connectivity index (χ0v) is 12.4. The number of hydrogen-bond acceptors (Lipinski definition) is 4. The van der Waals surface area contributed by atoms with Gasteiger partial charge in [-0.2, -0.15) is 10.5 Å². The Morgan fingerprint density at radius 3 is 2.05 bits per heavy atom. The van der Waals surface area contributed by atoms with Crippen LogP contribution in [0.2, 0.25) is 0 Å². The molecule has 0 aromatic rings. The Hall–Kier alpha value is -1.94. The van der Waals surface area contributed by atoms with Crippen LogP contribution in [0.3, 0.4) is 0 Å². The van der Waals surface area contributed by atoms with E-state index in [1.165, 1.54) is 0 Å². The molecule has 1 aliphatic rings. The first-order valence-corrected chi connectivity index (χ1v) is 7.40. The van der Waals surface area contributed by atoms with E-state index in [1.54, 1.807) is 0 Å². The fraction of sp³-hybridized carbons (Fsp3) is 0.625. The van der Waals surface area contributed by atoms with Gasteiger partial charge in [-0.1, -0.05) is 26.7 Å². The van der Waals surface area contributed by atoms with E-state index in [4.69, 9.17) is 10.5 Å². The summed E-state index contributed by atoms with van der Waals surface area (Å²) in [6.45, 7) is 5.96. The average Bonchev–Trinajstić information content (AvgIpc) is 2.98. The third kappa shape index (κ3) is 3.78. The van der Waals surface area contributed by atoms with Gasteiger partial charge in [0.15, 0.2) is 0 Å². The lowest BCUT2D eigenvalue weighted by Gasteiger charge is -2.23. The highest BCUT2D eigenvalue weighted by molar-refractivity contribution is 5.47. The number of rotatable bonds is 6. The molecule has 4 heteroatoms. The van der Waals surface area contributed by atoms with Gasteiger partial charge >= 0.3 is 0 Å². The van der Waals surface area contributed by atoms with E-state index in [2.05, 4.69) is 11.8 Å². The minimum absolute atomic E-state index is 0.0390. The topological polar surface area (TPSA) is 71.0 Å². The van der Waals surface area contributed by atoms with E-state index in [0.29, 0.717) is 12.0 Å². The highest BCUT2D eigenvalue weighted by Crippen LogP contribution is 2.27. The Morgan fingerprint density at radius 2 is 1.60 bits per heavy atom. The summed E-state index contributed by atoms with van der Waals surface area (Å²) in [5.74, 6) is 0.161. The van der Waals surface area contributed by atoms with Gasteiger partial charge in [0, 0.05) is 18.7 Å². The summed E-state index contributed by atoms with van der Waals surface area (Å²) in [6, 6.07) is 3.82. The quantitative estimate of drug-likeness (QED) is 0.454. The van der Waals surface area contributed by atoms with Gasteiger partial charge in [-0.05, 0) is 25.7 Å². The van der Waals surface area contributed by atoms with Crippen molar-refractivity contribution in [1.29, 1.82) is 10.5 Å². The summed E-state index contributed by atoms with van der Waals surface area (Å²) in [5.41, 5.74) is 1.45. The maximum Gasteiger partial charge on any atom is 0.139 e. The number of likely N-dealkylation sites (tertiary alicyclic amines) is 1. The van der Waals surface area contributed by atoms with E-state index in [9.17, 15) is 5.11 Å². The van der Waals surface area contributed by atoms with Crippen molar-refractivity contribution in [2.45, 2.75) is 52.4 Å². The van der Waals surface area contributed by atoms with Crippen molar-refractivity contribution < 1.29 is 5.11 Å². The lowest BCUT2D eigenvalue weighted by atomic mass is 10.00. The molecule has 1 N–H and O–H groups in total. The van der Waals surface area contributed by atoms with Gasteiger partial charge in [-0.15, -0.1) is 0 Å². The van der Waals surface area contributed by atoms with Crippen molar-refractivity contribution in [2.24, 2.45) is 0 Å². The summed E-state index contributed by atoms with van der Waals surface area (Å²) in [4.78, 5) is 2.20. The predicted octanol–water partition coefficient (Wildman–Crippen LogP) is 3.80. The summed E-state index contributed by atoms with van der Waals surface area (Å²) in [6.07, 6.45) is 5.34. The Labute approximate surface area is 121 Å². The molecular formula is C16H23N3O. The second-order valence-corrected chi connectivity index (χ2v) is 5.07. The number of nitrogens with zero attached hydrogens (tertiary/aromatic N) is 3. The van der Waals surface area contributed by atoms with E-state index < -0.39 is 0 Å². The highest BCUT2D eigenvalue weighted by atomic mass is 16.3. The molecule has 0 unspecified atom stereocenters. The minimum Gasteiger partial charge on any atom is -0.506 e. The second kappa shape index (κ2) is 8.27. The van der Waals surface area contributed by atoms with Crippen LogP contribution in [0, 0.1) is 22.7 Å². The first kappa shape index (κ1) is 16.1. The van der Waals surface area contributed by atoms with Crippen molar-refractivity contribution in [3.63, 3.8) is 0 Å². The van der Waals surface area contributed by atoms with Gasteiger partial charge in [-0.25, -0.2) is 0 Å². The van der Waals surface area contributed by atoms with Gasteiger partial charge in [-0.3, -0.25) is 0 Å². The van der Waals surface area contributed by atoms with Crippen LogP contribution in [0.4, 0.5) is 0 Å². The standard InChI is InChI=1S/C16H23N3O/c1-3-7-14(13(11-17)12-18)16(20)15(8-4-2)19-9-5-6-10-19/h20H,3-10H2,1-2H3/b16-15-. The highest BCUT2D eigenvalue weighted by Gasteiger charge is 2.21. The monoisotopic (exact) mass is 273 g/mol. The molecule has 0 aromatic carbocycles. The van der Waals surface area contributed by atoms with Crippen LogP contribution < -0.4 is 0 Å².